The molecule has 0 fully saturated rings. The zero-order valence-electron chi connectivity index (χ0n) is 12.3. The smallest absolute Gasteiger partial charge is 0.262 e. The summed E-state index contributed by atoms with van der Waals surface area (Å²) in [5.41, 5.74) is 1.17. The Bertz CT molecular complexity index is 624. The molecule has 0 saturated heterocycles. The van der Waals surface area contributed by atoms with Crippen molar-refractivity contribution in [3.63, 3.8) is 0 Å². The minimum Gasteiger partial charge on any atom is -0.481 e. The van der Waals surface area contributed by atoms with Crippen molar-refractivity contribution in [1.29, 1.82) is 0 Å². The third kappa shape index (κ3) is 3.49. The van der Waals surface area contributed by atoms with Gasteiger partial charge in [-0.05, 0) is 44.0 Å². The zero-order valence-corrected chi connectivity index (χ0v) is 13.1. The second kappa shape index (κ2) is 5.80. The fourth-order valence-corrected chi connectivity index (χ4v) is 2.65. The Morgan fingerprint density at radius 3 is 2.25 bits per heavy atom. The van der Waals surface area contributed by atoms with Crippen LogP contribution < -0.4 is 9.88 Å². The van der Waals surface area contributed by atoms with Crippen LogP contribution in [0.3, 0.4) is 0 Å². The average molecular weight is 300 g/mol. The van der Waals surface area contributed by atoms with Gasteiger partial charge >= 0.3 is 0 Å². The van der Waals surface area contributed by atoms with E-state index in [0.29, 0.717) is 16.9 Å². The van der Waals surface area contributed by atoms with Crippen LogP contribution in [0.2, 0.25) is 0 Å². The van der Waals surface area contributed by atoms with E-state index in [1.165, 1.54) is 17.0 Å². The van der Waals surface area contributed by atoms with E-state index < -0.39 is 16.1 Å². The van der Waals surface area contributed by atoms with Gasteiger partial charge in [0, 0.05) is 14.1 Å². The first-order valence-corrected chi connectivity index (χ1v) is 7.61. The normalized spacial score (nSPS) is 12.9. The summed E-state index contributed by atoms with van der Waals surface area (Å²) in [5.74, 6) is 0.301. The maximum atomic E-state index is 11.8. The number of primary sulfonamides is 1. The van der Waals surface area contributed by atoms with Crippen LogP contribution in [0.1, 0.15) is 18.1 Å². The molecule has 0 aliphatic carbocycles. The second-order valence-electron chi connectivity index (χ2n) is 4.85. The fraction of sp³-hybridized carbons (Fsp3) is 0.462. The number of carbonyl (C=O) groups excluding carboxylic acids is 1. The number of benzene rings is 1. The minimum atomic E-state index is -3.76. The summed E-state index contributed by atoms with van der Waals surface area (Å²) in [6.07, 6.45) is -0.650. The van der Waals surface area contributed by atoms with E-state index in [-0.39, 0.29) is 10.8 Å². The lowest BCUT2D eigenvalue weighted by Crippen LogP contribution is -2.35. The van der Waals surface area contributed by atoms with Gasteiger partial charge in [0.1, 0.15) is 5.75 Å². The van der Waals surface area contributed by atoms with Gasteiger partial charge < -0.3 is 9.64 Å². The van der Waals surface area contributed by atoms with Crippen molar-refractivity contribution in [3.05, 3.63) is 23.3 Å². The first-order valence-electron chi connectivity index (χ1n) is 6.06. The topological polar surface area (TPSA) is 89.7 Å². The second-order valence-corrected chi connectivity index (χ2v) is 6.38. The predicted octanol–water partition coefficient (Wildman–Crippen LogP) is 0.806. The average Bonchev–Trinajstić information content (AvgIpc) is 2.32. The van der Waals surface area contributed by atoms with Crippen molar-refractivity contribution in [3.8, 4) is 5.75 Å². The molecule has 0 heterocycles. The number of hydrogen-bond acceptors (Lipinski definition) is 4. The van der Waals surface area contributed by atoms with E-state index in [2.05, 4.69) is 0 Å². The molecule has 7 heteroatoms. The van der Waals surface area contributed by atoms with Crippen molar-refractivity contribution in [2.24, 2.45) is 5.14 Å². The molecule has 1 amide bonds. The monoisotopic (exact) mass is 300 g/mol. The van der Waals surface area contributed by atoms with Crippen LogP contribution in [0.15, 0.2) is 17.0 Å². The molecule has 112 valence electrons. The van der Waals surface area contributed by atoms with E-state index in [9.17, 15) is 13.2 Å². The minimum absolute atomic E-state index is 0.0638. The number of rotatable bonds is 4. The Morgan fingerprint density at radius 2 is 1.80 bits per heavy atom. The number of likely N-dealkylation sites (N-methyl/N-ethyl adjacent to an activating group) is 1. The van der Waals surface area contributed by atoms with Gasteiger partial charge in [0.15, 0.2) is 6.10 Å². The number of amides is 1. The first-order chi connectivity index (χ1) is 9.05. The molecular formula is C13H20N2O4S. The lowest BCUT2D eigenvalue weighted by atomic mass is 10.1. The number of hydrogen-bond donors (Lipinski definition) is 1. The molecule has 0 aliphatic rings. The molecule has 1 aromatic rings. The number of sulfonamides is 1. The number of nitrogens with zero attached hydrogens (tertiary/aromatic N) is 1. The van der Waals surface area contributed by atoms with Crippen molar-refractivity contribution < 1.29 is 17.9 Å². The van der Waals surface area contributed by atoms with Crippen LogP contribution in [0, 0.1) is 13.8 Å². The lowest BCUT2D eigenvalue weighted by molar-refractivity contribution is -0.135. The predicted molar refractivity (Wildman–Crippen MR) is 76.1 cm³/mol. The standard InChI is InChI=1S/C13H20N2O4S/c1-8-9(2)12(20(14,17)18)7-6-11(8)19-10(3)13(16)15(4)5/h6-7,10H,1-5H3,(H2,14,17,18). The Balaban J connectivity index is 3.12. The van der Waals surface area contributed by atoms with E-state index in [4.69, 9.17) is 9.88 Å². The summed E-state index contributed by atoms with van der Waals surface area (Å²) in [6, 6.07) is 2.90. The van der Waals surface area contributed by atoms with E-state index in [1.807, 2.05) is 0 Å². The molecule has 1 unspecified atom stereocenters. The molecule has 1 aromatic carbocycles. The quantitative estimate of drug-likeness (QED) is 0.891. The van der Waals surface area contributed by atoms with Crippen LogP contribution in [0.5, 0.6) is 5.75 Å². The van der Waals surface area contributed by atoms with Crippen molar-refractivity contribution >= 4 is 15.9 Å². The molecule has 0 aliphatic heterocycles. The Hall–Kier alpha value is -1.60. The Morgan fingerprint density at radius 1 is 1.25 bits per heavy atom. The molecule has 0 bridgehead atoms. The van der Waals surface area contributed by atoms with Gasteiger partial charge in [0.25, 0.3) is 5.91 Å². The molecule has 0 saturated carbocycles. The van der Waals surface area contributed by atoms with Crippen LogP contribution in [-0.2, 0) is 14.8 Å². The Kier molecular flexibility index (Phi) is 4.77. The number of nitrogens with two attached hydrogens (primary N) is 1. The summed E-state index contributed by atoms with van der Waals surface area (Å²) in [7, 11) is -0.475. The van der Waals surface area contributed by atoms with Gasteiger partial charge in [0.2, 0.25) is 10.0 Å². The maximum Gasteiger partial charge on any atom is 0.262 e. The van der Waals surface area contributed by atoms with Gasteiger partial charge in [-0.15, -0.1) is 0 Å². The van der Waals surface area contributed by atoms with Crippen LogP contribution >= 0.6 is 0 Å². The highest BCUT2D eigenvalue weighted by Crippen LogP contribution is 2.27. The highest BCUT2D eigenvalue weighted by Gasteiger charge is 2.20. The molecule has 0 aromatic heterocycles. The molecular weight excluding hydrogens is 280 g/mol. The fourth-order valence-electron chi connectivity index (χ4n) is 1.81. The third-order valence-corrected chi connectivity index (χ3v) is 4.14. The summed E-state index contributed by atoms with van der Waals surface area (Å²) in [6.45, 7) is 5.03. The molecule has 2 N–H and O–H groups in total. The maximum absolute atomic E-state index is 11.8. The van der Waals surface area contributed by atoms with Crippen molar-refractivity contribution in [1.82, 2.24) is 4.90 Å². The Labute approximate surface area is 119 Å². The molecule has 20 heavy (non-hydrogen) atoms. The van der Waals surface area contributed by atoms with Gasteiger partial charge in [-0.1, -0.05) is 0 Å². The molecule has 1 atom stereocenters. The SMILES string of the molecule is Cc1c(OC(C)C(=O)N(C)C)ccc(S(N)(=O)=O)c1C. The van der Waals surface area contributed by atoms with Crippen LogP contribution in [0.25, 0.3) is 0 Å². The molecule has 6 nitrogen and oxygen atoms in total. The lowest BCUT2D eigenvalue weighted by Gasteiger charge is -2.20. The summed E-state index contributed by atoms with van der Waals surface area (Å²) < 4.78 is 28.4. The third-order valence-electron chi connectivity index (χ3n) is 3.09. The van der Waals surface area contributed by atoms with Gasteiger partial charge in [-0.2, -0.15) is 0 Å². The molecule has 0 radical (unpaired) electrons. The largest absolute Gasteiger partial charge is 0.481 e. The van der Waals surface area contributed by atoms with Gasteiger partial charge in [-0.3, -0.25) is 4.79 Å². The van der Waals surface area contributed by atoms with Gasteiger partial charge in [-0.25, -0.2) is 13.6 Å². The van der Waals surface area contributed by atoms with Gasteiger partial charge in [0.05, 0.1) is 4.90 Å². The van der Waals surface area contributed by atoms with E-state index >= 15 is 0 Å². The number of ether oxygens (including phenoxy) is 1. The van der Waals surface area contributed by atoms with Crippen LogP contribution in [-0.4, -0.2) is 39.4 Å². The number of carbonyl (C=O) groups is 1. The molecule has 1 rings (SSSR count). The van der Waals surface area contributed by atoms with Crippen molar-refractivity contribution in [2.75, 3.05) is 14.1 Å². The summed E-state index contributed by atoms with van der Waals surface area (Å²) >= 11 is 0. The first kappa shape index (κ1) is 16.5. The highest BCUT2D eigenvalue weighted by atomic mass is 32.2. The highest BCUT2D eigenvalue weighted by molar-refractivity contribution is 7.89. The van der Waals surface area contributed by atoms with E-state index in [1.54, 1.807) is 34.9 Å². The summed E-state index contributed by atoms with van der Waals surface area (Å²) in [4.78, 5) is 13.3. The van der Waals surface area contributed by atoms with Crippen LogP contribution in [0.4, 0.5) is 0 Å². The zero-order chi connectivity index (χ0) is 15.7. The summed E-state index contributed by atoms with van der Waals surface area (Å²) in [5, 5.41) is 5.14. The molecule has 0 spiro atoms. The van der Waals surface area contributed by atoms with Crippen molar-refractivity contribution in [2.45, 2.75) is 31.8 Å². The van der Waals surface area contributed by atoms with E-state index in [0.717, 1.165) is 0 Å².